The van der Waals surface area contributed by atoms with Gasteiger partial charge in [0.25, 0.3) is 0 Å². The normalized spacial score (nSPS) is 19.9. The van der Waals surface area contributed by atoms with Gasteiger partial charge in [-0.3, -0.25) is 0 Å². The maximum Gasteiger partial charge on any atom is 0.243 e. The van der Waals surface area contributed by atoms with Crippen LogP contribution in [0.1, 0.15) is 29.5 Å². The maximum absolute atomic E-state index is 14.9. The number of rotatable bonds is 4. The summed E-state index contributed by atoms with van der Waals surface area (Å²) in [4.78, 5) is 0.206. The van der Waals surface area contributed by atoms with Crippen molar-refractivity contribution in [2.75, 3.05) is 13.1 Å². The summed E-state index contributed by atoms with van der Waals surface area (Å²) in [6.07, 6.45) is -0.356. The van der Waals surface area contributed by atoms with Crippen LogP contribution in [0.25, 0.3) is 0 Å². The van der Waals surface area contributed by atoms with Crippen molar-refractivity contribution in [2.45, 2.75) is 36.2 Å². The van der Waals surface area contributed by atoms with E-state index >= 15 is 0 Å². The fourth-order valence-electron chi connectivity index (χ4n) is 4.35. The molecule has 3 aromatic carbocycles. The van der Waals surface area contributed by atoms with E-state index in [1.54, 1.807) is 24.3 Å². The minimum Gasteiger partial charge on any atom is -0.246 e. The van der Waals surface area contributed by atoms with Crippen molar-refractivity contribution in [3.8, 4) is 0 Å². The quantitative estimate of drug-likeness (QED) is 0.585. The predicted molar refractivity (Wildman–Crippen MR) is 118 cm³/mol. The fraction of sp³-hybridized carbons (Fsp3) is 0.280. The van der Waals surface area contributed by atoms with Gasteiger partial charge in [0.05, 0.1) is 4.90 Å². The second-order valence-electron chi connectivity index (χ2n) is 8.06. The Labute approximate surface area is 178 Å². The molecular formula is C25H26FNO2S. The molecule has 1 fully saturated rings. The number of hydrogen-bond acceptors (Lipinski definition) is 2. The number of benzene rings is 3. The van der Waals surface area contributed by atoms with Crippen molar-refractivity contribution >= 4 is 10.0 Å². The van der Waals surface area contributed by atoms with Crippen LogP contribution < -0.4 is 0 Å². The molecule has 0 saturated carbocycles. The van der Waals surface area contributed by atoms with E-state index < -0.39 is 21.6 Å². The maximum atomic E-state index is 14.9. The van der Waals surface area contributed by atoms with Gasteiger partial charge in [-0.2, -0.15) is 4.31 Å². The predicted octanol–water partition coefficient (Wildman–Crippen LogP) is 5.10. The second-order valence-corrected chi connectivity index (χ2v) is 10.00. The highest BCUT2D eigenvalue weighted by Crippen LogP contribution is 2.41. The minimum absolute atomic E-state index is 0.127. The minimum atomic E-state index is -3.83. The largest absolute Gasteiger partial charge is 0.246 e. The molecule has 5 heteroatoms. The van der Waals surface area contributed by atoms with E-state index in [1.165, 1.54) is 4.31 Å². The van der Waals surface area contributed by atoms with Crippen molar-refractivity contribution in [1.29, 1.82) is 0 Å². The molecule has 1 saturated heterocycles. The molecule has 156 valence electrons. The fourth-order valence-corrected chi connectivity index (χ4v) is 5.88. The Hall–Kier alpha value is -2.50. The van der Waals surface area contributed by atoms with Gasteiger partial charge in [-0.1, -0.05) is 78.4 Å². The van der Waals surface area contributed by atoms with E-state index in [0.29, 0.717) is 12.8 Å². The van der Waals surface area contributed by atoms with Crippen molar-refractivity contribution < 1.29 is 12.8 Å². The first kappa shape index (κ1) is 20.8. The van der Waals surface area contributed by atoms with Gasteiger partial charge in [-0.15, -0.1) is 0 Å². The lowest BCUT2D eigenvalue weighted by Crippen LogP contribution is -2.44. The summed E-state index contributed by atoms with van der Waals surface area (Å²) in [5, 5.41) is 0. The number of alkyl halides is 1. The molecule has 1 atom stereocenters. The summed E-state index contributed by atoms with van der Waals surface area (Å²) in [5.41, 5.74) is 2.39. The molecule has 0 aromatic heterocycles. The third-order valence-corrected chi connectivity index (χ3v) is 7.87. The van der Waals surface area contributed by atoms with Gasteiger partial charge < -0.3 is 0 Å². The molecule has 30 heavy (non-hydrogen) atoms. The molecule has 1 aliphatic heterocycles. The molecule has 4 rings (SSSR count). The van der Waals surface area contributed by atoms with Crippen molar-refractivity contribution in [1.82, 2.24) is 4.31 Å². The Morgan fingerprint density at radius 2 is 1.40 bits per heavy atom. The van der Waals surface area contributed by atoms with E-state index in [-0.39, 0.29) is 18.0 Å². The lowest BCUT2D eigenvalue weighted by Gasteiger charge is -2.37. The Morgan fingerprint density at radius 3 is 1.93 bits per heavy atom. The highest BCUT2D eigenvalue weighted by atomic mass is 32.2. The van der Waals surface area contributed by atoms with Crippen LogP contribution in [-0.4, -0.2) is 32.0 Å². The van der Waals surface area contributed by atoms with Gasteiger partial charge in [0.1, 0.15) is 6.17 Å². The molecule has 0 bridgehead atoms. The van der Waals surface area contributed by atoms with Crippen LogP contribution in [-0.2, 0) is 15.4 Å². The Kier molecular flexibility index (Phi) is 5.76. The van der Waals surface area contributed by atoms with Gasteiger partial charge in [-0.05, 0) is 43.0 Å². The van der Waals surface area contributed by atoms with Crippen LogP contribution in [0.15, 0.2) is 89.8 Å². The van der Waals surface area contributed by atoms with Gasteiger partial charge >= 0.3 is 0 Å². The average Bonchev–Trinajstić information content (AvgIpc) is 2.96. The van der Waals surface area contributed by atoms with Crippen molar-refractivity contribution in [3.63, 3.8) is 0 Å². The first-order valence-electron chi connectivity index (χ1n) is 10.2. The summed E-state index contributed by atoms with van der Waals surface area (Å²) < 4.78 is 43.2. The van der Waals surface area contributed by atoms with Crippen molar-refractivity contribution in [2.24, 2.45) is 0 Å². The lowest BCUT2D eigenvalue weighted by molar-refractivity contribution is 0.271. The van der Waals surface area contributed by atoms with E-state index in [4.69, 9.17) is 0 Å². The molecule has 0 amide bonds. The number of hydrogen-bond donors (Lipinski definition) is 0. The topological polar surface area (TPSA) is 37.4 Å². The summed E-state index contributed by atoms with van der Waals surface area (Å²) in [5.74, 6) is 0. The standard InChI is InChI=1S/C25H26FNO2S/c1-20-12-14-24(15-13-20)30(28,29)27-18-23(26)16-17-25(19-27,21-8-4-2-5-9-21)22-10-6-3-7-11-22/h2-15,23H,16-19H2,1H3. The zero-order chi connectivity index (χ0) is 21.2. The molecule has 1 aliphatic rings. The molecule has 0 aliphatic carbocycles. The summed E-state index contributed by atoms with van der Waals surface area (Å²) in [6, 6.07) is 26.5. The summed E-state index contributed by atoms with van der Waals surface area (Å²) in [6.45, 7) is 1.99. The van der Waals surface area contributed by atoms with Crippen molar-refractivity contribution in [3.05, 3.63) is 102 Å². The Bertz CT molecular complexity index is 1040. The zero-order valence-corrected chi connectivity index (χ0v) is 17.9. The SMILES string of the molecule is Cc1ccc(S(=O)(=O)N2CC(F)CCC(c3ccccc3)(c3ccccc3)C2)cc1. The molecule has 3 aromatic rings. The molecule has 0 spiro atoms. The molecule has 0 radical (unpaired) electrons. The molecule has 3 nitrogen and oxygen atoms in total. The van der Waals surface area contributed by atoms with Gasteiger partial charge in [0.15, 0.2) is 0 Å². The number of sulfonamides is 1. The molecule has 1 unspecified atom stereocenters. The highest BCUT2D eigenvalue weighted by Gasteiger charge is 2.43. The number of nitrogens with zero attached hydrogens (tertiary/aromatic N) is 1. The smallest absolute Gasteiger partial charge is 0.243 e. The number of aryl methyl sites for hydroxylation is 1. The van der Waals surface area contributed by atoms with Crippen LogP contribution >= 0.6 is 0 Å². The molecular weight excluding hydrogens is 397 g/mol. The Balaban J connectivity index is 1.84. The lowest BCUT2D eigenvalue weighted by atomic mass is 9.71. The van der Waals surface area contributed by atoms with E-state index in [1.807, 2.05) is 67.6 Å². The molecule has 1 heterocycles. The van der Waals surface area contributed by atoms with E-state index in [9.17, 15) is 12.8 Å². The zero-order valence-electron chi connectivity index (χ0n) is 17.0. The van der Waals surface area contributed by atoms with Crippen LogP contribution in [0.3, 0.4) is 0 Å². The summed E-state index contributed by atoms with van der Waals surface area (Å²) in [7, 11) is -3.83. The van der Waals surface area contributed by atoms with Crippen LogP contribution in [0.4, 0.5) is 4.39 Å². The van der Waals surface area contributed by atoms with Crippen LogP contribution in [0, 0.1) is 6.92 Å². The first-order valence-corrected chi connectivity index (χ1v) is 11.7. The third-order valence-electron chi connectivity index (χ3n) is 6.04. The van der Waals surface area contributed by atoms with Gasteiger partial charge in [0, 0.05) is 18.5 Å². The van der Waals surface area contributed by atoms with Gasteiger partial charge in [0.2, 0.25) is 10.0 Å². The van der Waals surface area contributed by atoms with E-state index in [0.717, 1.165) is 16.7 Å². The second kappa shape index (κ2) is 8.32. The number of halogens is 1. The van der Waals surface area contributed by atoms with E-state index in [2.05, 4.69) is 0 Å². The van der Waals surface area contributed by atoms with Gasteiger partial charge in [-0.25, -0.2) is 12.8 Å². The molecule has 0 N–H and O–H groups in total. The first-order chi connectivity index (χ1) is 14.4. The Morgan fingerprint density at radius 1 is 0.867 bits per heavy atom. The summed E-state index contributed by atoms with van der Waals surface area (Å²) >= 11 is 0. The van der Waals surface area contributed by atoms with Crippen LogP contribution in [0.5, 0.6) is 0 Å². The highest BCUT2D eigenvalue weighted by molar-refractivity contribution is 7.89. The average molecular weight is 424 g/mol. The van der Waals surface area contributed by atoms with Crippen LogP contribution in [0.2, 0.25) is 0 Å². The third kappa shape index (κ3) is 3.92. The monoisotopic (exact) mass is 423 g/mol.